The first-order valence-electron chi connectivity index (χ1n) is 8.07. The van der Waals surface area contributed by atoms with Gasteiger partial charge in [0.1, 0.15) is 18.2 Å². The average Bonchev–Trinajstić information content (AvgIpc) is 2.71. The topological polar surface area (TPSA) is 66.0 Å². The van der Waals surface area contributed by atoms with Crippen LogP contribution in [0.25, 0.3) is 11.1 Å². The van der Waals surface area contributed by atoms with Crippen LogP contribution in [0.2, 0.25) is 0 Å². The Kier molecular flexibility index (Phi) is 3.73. The lowest BCUT2D eigenvalue weighted by Crippen LogP contribution is -2.92. The number of nitrogens with zero attached hydrogens (tertiary/aromatic N) is 1. The van der Waals surface area contributed by atoms with Crippen molar-refractivity contribution < 1.29 is 23.7 Å². The highest BCUT2D eigenvalue weighted by molar-refractivity contribution is 6.10. The molecule has 2 heterocycles. The fourth-order valence-corrected chi connectivity index (χ4v) is 3.37. The summed E-state index contributed by atoms with van der Waals surface area (Å²) in [5.41, 5.74) is 1.40. The molecule has 2 aromatic rings. The first-order valence-corrected chi connectivity index (χ1v) is 8.07. The van der Waals surface area contributed by atoms with Crippen molar-refractivity contribution in [1.29, 1.82) is 0 Å². The molecule has 128 valence electrons. The summed E-state index contributed by atoms with van der Waals surface area (Å²) in [4.78, 5) is 26.8. The number of nitrogens with two attached hydrogens (primary N) is 1. The smallest absolute Gasteiger partial charge is 0.257 e. The summed E-state index contributed by atoms with van der Waals surface area (Å²) in [5.74, 6) is -1.83. The molecule has 2 aliphatic rings. The van der Waals surface area contributed by atoms with E-state index in [0.717, 1.165) is 12.6 Å². The van der Waals surface area contributed by atoms with E-state index in [1.54, 1.807) is 23.1 Å². The van der Waals surface area contributed by atoms with Gasteiger partial charge in [0.15, 0.2) is 6.04 Å². The molecular weight excluding hydrogens is 328 g/mol. The maximum absolute atomic E-state index is 14.1. The number of quaternary nitrogens is 1. The minimum absolute atomic E-state index is 0.205. The largest absolute Gasteiger partial charge is 0.343 e. The zero-order valence-electron chi connectivity index (χ0n) is 13.3. The van der Waals surface area contributed by atoms with Crippen LogP contribution in [0.4, 0.5) is 14.5 Å². The molecule has 0 aromatic heterocycles. The van der Waals surface area contributed by atoms with Gasteiger partial charge in [0.25, 0.3) is 11.8 Å². The number of piperazine rings is 1. The van der Waals surface area contributed by atoms with E-state index >= 15 is 0 Å². The van der Waals surface area contributed by atoms with Gasteiger partial charge in [-0.1, -0.05) is 6.07 Å². The van der Waals surface area contributed by atoms with Crippen molar-refractivity contribution in [1.82, 2.24) is 4.90 Å². The fourth-order valence-electron chi connectivity index (χ4n) is 3.37. The van der Waals surface area contributed by atoms with Crippen LogP contribution in [0.3, 0.4) is 0 Å². The van der Waals surface area contributed by atoms with Gasteiger partial charge in [-0.3, -0.25) is 9.59 Å². The third-order valence-electron chi connectivity index (χ3n) is 4.65. The van der Waals surface area contributed by atoms with Crippen molar-refractivity contribution in [2.75, 3.05) is 25.0 Å². The van der Waals surface area contributed by atoms with Crippen molar-refractivity contribution in [3.63, 3.8) is 0 Å². The van der Waals surface area contributed by atoms with Gasteiger partial charge in [0.05, 0.1) is 24.3 Å². The van der Waals surface area contributed by atoms with E-state index in [0.29, 0.717) is 29.9 Å². The molecule has 2 amide bonds. The Hall–Kier alpha value is -2.80. The molecule has 0 unspecified atom stereocenters. The number of carbonyl (C=O) groups is 2. The lowest BCUT2D eigenvalue weighted by molar-refractivity contribution is -0.665. The lowest BCUT2D eigenvalue weighted by Gasteiger charge is -2.30. The number of halogens is 2. The van der Waals surface area contributed by atoms with Crippen LogP contribution < -0.4 is 10.6 Å². The maximum atomic E-state index is 14.1. The first-order chi connectivity index (χ1) is 12.0. The predicted molar refractivity (Wildman–Crippen MR) is 86.9 cm³/mol. The van der Waals surface area contributed by atoms with Crippen LogP contribution in [0.1, 0.15) is 10.4 Å². The molecule has 1 fully saturated rings. The van der Waals surface area contributed by atoms with Crippen LogP contribution in [-0.4, -0.2) is 42.4 Å². The predicted octanol–water partition coefficient (Wildman–Crippen LogP) is 0.972. The highest BCUT2D eigenvalue weighted by atomic mass is 19.1. The van der Waals surface area contributed by atoms with Crippen molar-refractivity contribution in [3.05, 3.63) is 53.6 Å². The number of fused-ring (bicyclic) bond motifs is 2. The molecular formula is C18H16F2N3O2+. The number of hydrogen-bond donors (Lipinski definition) is 2. The van der Waals surface area contributed by atoms with Gasteiger partial charge in [-0.15, -0.1) is 0 Å². The zero-order valence-corrected chi connectivity index (χ0v) is 13.3. The monoisotopic (exact) mass is 344 g/mol. The molecule has 1 saturated heterocycles. The van der Waals surface area contributed by atoms with Gasteiger partial charge in [-0.2, -0.15) is 0 Å². The summed E-state index contributed by atoms with van der Waals surface area (Å²) in [5, 5.41) is 4.78. The average molecular weight is 344 g/mol. The van der Waals surface area contributed by atoms with Crippen LogP contribution in [0.5, 0.6) is 0 Å². The summed E-state index contributed by atoms with van der Waals surface area (Å²) in [6, 6.07) is 7.55. The molecule has 5 nitrogen and oxygen atoms in total. The summed E-state index contributed by atoms with van der Waals surface area (Å²) < 4.78 is 27.2. The summed E-state index contributed by atoms with van der Waals surface area (Å²) in [6.07, 6.45) is 0. The third kappa shape index (κ3) is 2.66. The van der Waals surface area contributed by atoms with E-state index in [4.69, 9.17) is 0 Å². The van der Waals surface area contributed by atoms with E-state index in [1.165, 1.54) is 12.1 Å². The Morgan fingerprint density at radius 2 is 1.92 bits per heavy atom. The SMILES string of the molecule is O=C1Nc2ccc(-c3ccc(F)cc3F)cc2C(=O)N2CC[NH2+]C[C@H]12. The molecule has 1 atom stereocenters. The minimum atomic E-state index is -0.699. The van der Waals surface area contributed by atoms with E-state index < -0.39 is 17.7 Å². The van der Waals surface area contributed by atoms with Crippen molar-refractivity contribution in [2.45, 2.75) is 6.04 Å². The number of nitrogens with one attached hydrogen (secondary N) is 1. The molecule has 3 N–H and O–H groups in total. The summed E-state index contributed by atoms with van der Waals surface area (Å²) in [7, 11) is 0. The fraction of sp³-hybridized carbons (Fsp3) is 0.222. The Morgan fingerprint density at radius 1 is 1.08 bits per heavy atom. The van der Waals surface area contributed by atoms with E-state index in [2.05, 4.69) is 5.32 Å². The van der Waals surface area contributed by atoms with E-state index in [9.17, 15) is 18.4 Å². The van der Waals surface area contributed by atoms with E-state index in [1.807, 2.05) is 5.32 Å². The van der Waals surface area contributed by atoms with Gasteiger partial charge in [0, 0.05) is 11.6 Å². The maximum Gasteiger partial charge on any atom is 0.257 e. The third-order valence-corrected chi connectivity index (χ3v) is 4.65. The number of rotatable bonds is 1. The molecule has 4 rings (SSSR count). The first kappa shape index (κ1) is 15.7. The Bertz CT molecular complexity index is 885. The van der Waals surface area contributed by atoms with Crippen molar-refractivity contribution in [3.8, 4) is 11.1 Å². The number of amides is 2. The van der Waals surface area contributed by atoms with E-state index in [-0.39, 0.29) is 17.4 Å². The highest BCUT2D eigenvalue weighted by Gasteiger charge is 2.38. The quantitative estimate of drug-likeness (QED) is 0.810. The van der Waals surface area contributed by atoms with Gasteiger partial charge in [-0.05, 0) is 29.8 Å². The molecule has 2 aromatic carbocycles. The van der Waals surface area contributed by atoms with Crippen LogP contribution in [0, 0.1) is 11.6 Å². The second-order valence-electron chi connectivity index (χ2n) is 6.20. The molecule has 0 aliphatic carbocycles. The number of carbonyl (C=O) groups excluding carboxylic acids is 2. The Morgan fingerprint density at radius 3 is 2.72 bits per heavy atom. The number of anilines is 1. The molecule has 7 heteroatoms. The second kappa shape index (κ2) is 5.93. The lowest BCUT2D eigenvalue weighted by atomic mass is 10.0. The highest BCUT2D eigenvalue weighted by Crippen LogP contribution is 2.30. The number of hydrogen-bond acceptors (Lipinski definition) is 2. The summed E-state index contributed by atoms with van der Waals surface area (Å²) in [6.45, 7) is 1.73. The van der Waals surface area contributed by atoms with Crippen LogP contribution in [-0.2, 0) is 4.79 Å². The van der Waals surface area contributed by atoms with Crippen molar-refractivity contribution >= 4 is 17.5 Å². The number of benzene rings is 2. The second-order valence-corrected chi connectivity index (χ2v) is 6.20. The van der Waals surface area contributed by atoms with Gasteiger partial charge in [-0.25, -0.2) is 8.78 Å². The normalized spacial score (nSPS) is 19.8. The standard InChI is InChI=1S/C18H15F2N3O2/c19-11-2-3-12(14(20)8-11)10-1-4-15-13(7-10)18(25)23-6-5-21-9-16(23)17(24)22-15/h1-4,7-8,16,21H,5-6,9H2,(H,22,24)/p+1/t16-/m1/s1. The van der Waals surface area contributed by atoms with Gasteiger partial charge >= 0.3 is 0 Å². The summed E-state index contributed by atoms with van der Waals surface area (Å²) >= 11 is 0. The van der Waals surface area contributed by atoms with Gasteiger partial charge in [0.2, 0.25) is 0 Å². The Labute approximate surface area is 142 Å². The molecule has 0 bridgehead atoms. The van der Waals surface area contributed by atoms with Crippen molar-refractivity contribution in [2.24, 2.45) is 0 Å². The Balaban J connectivity index is 1.80. The molecule has 25 heavy (non-hydrogen) atoms. The zero-order chi connectivity index (χ0) is 17.6. The molecule has 0 saturated carbocycles. The molecule has 0 radical (unpaired) electrons. The molecule has 0 spiro atoms. The minimum Gasteiger partial charge on any atom is -0.343 e. The van der Waals surface area contributed by atoms with Crippen LogP contribution >= 0.6 is 0 Å². The van der Waals surface area contributed by atoms with Gasteiger partial charge < -0.3 is 15.5 Å². The van der Waals surface area contributed by atoms with Crippen LogP contribution in [0.15, 0.2) is 36.4 Å². The molecule has 2 aliphatic heterocycles.